The fourth-order valence-corrected chi connectivity index (χ4v) is 3.60. The van der Waals surface area contributed by atoms with E-state index in [0.717, 1.165) is 6.54 Å². The molecular weight excluding hydrogens is 347 g/mol. The quantitative estimate of drug-likeness (QED) is 0.258. The summed E-state index contributed by atoms with van der Waals surface area (Å²) in [4.78, 5) is 0. The molecule has 1 aromatic heterocycles. The number of hydrogen-bond acceptors (Lipinski definition) is 0. The van der Waals surface area contributed by atoms with E-state index < -0.39 is 0 Å². The molecule has 0 amide bonds. The van der Waals surface area contributed by atoms with Crippen molar-refractivity contribution in [2.24, 2.45) is 7.05 Å². The first-order valence-electron chi connectivity index (χ1n) is 9.97. The molecule has 0 saturated carbocycles. The summed E-state index contributed by atoms with van der Waals surface area (Å²) in [6.45, 7) is 3.45. The van der Waals surface area contributed by atoms with Crippen LogP contribution in [0.4, 0.5) is 0 Å². The van der Waals surface area contributed by atoms with E-state index in [-0.39, 0.29) is 0 Å². The Hall–Kier alpha value is -0.271. The monoisotopic (exact) mass is 386 g/mol. The molecule has 0 fully saturated rings. The van der Waals surface area contributed by atoms with Crippen LogP contribution in [0.2, 0.25) is 0 Å². The van der Waals surface area contributed by atoms with Gasteiger partial charge < -0.3 is 0 Å². The van der Waals surface area contributed by atoms with Gasteiger partial charge in [0.05, 0.1) is 0 Å². The Balaban J connectivity index is 1.80. The Kier molecular flexibility index (Phi) is 12.7. The molecule has 0 radical (unpaired) electrons. The van der Waals surface area contributed by atoms with Gasteiger partial charge in [0.2, 0.25) is 0 Å². The minimum absolute atomic E-state index is 1.15. The average molecular weight is 385 g/mol. The van der Waals surface area contributed by atoms with E-state index in [1.807, 2.05) is 0 Å². The molecule has 0 aromatic carbocycles. The zero-order chi connectivity index (χ0) is 16.8. The normalized spacial score (nSPS) is 11.2. The van der Waals surface area contributed by atoms with Crippen molar-refractivity contribution in [1.82, 2.24) is 9.13 Å². The van der Waals surface area contributed by atoms with Crippen molar-refractivity contribution < 1.29 is 0 Å². The van der Waals surface area contributed by atoms with Crippen LogP contribution in [0.1, 0.15) is 96.8 Å². The third-order valence-corrected chi connectivity index (χ3v) is 5.87. The first-order valence-corrected chi connectivity index (χ1v) is 10.8. The minimum atomic E-state index is 1.15. The van der Waals surface area contributed by atoms with E-state index in [1.54, 1.807) is 0 Å². The Bertz CT molecular complexity index is 433. The summed E-state index contributed by atoms with van der Waals surface area (Å²) < 4.78 is 5.70. The van der Waals surface area contributed by atoms with Crippen molar-refractivity contribution in [2.75, 3.05) is 0 Å². The average Bonchev–Trinajstić information content (AvgIpc) is 2.87. The first-order chi connectivity index (χ1) is 11.3. The van der Waals surface area contributed by atoms with Gasteiger partial charge in [-0.2, -0.15) is 0 Å². The molecule has 0 atom stereocenters. The van der Waals surface area contributed by atoms with Crippen molar-refractivity contribution >= 4 is 15.6 Å². The third-order valence-electron chi connectivity index (χ3n) is 4.77. The number of aromatic nitrogens is 2. The van der Waals surface area contributed by atoms with Crippen LogP contribution < -0.4 is 0 Å². The zero-order valence-corrected chi connectivity index (χ0v) is 17.3. The van der Waals surface area contributed by atoms with Crippen LogP contribution in [0.15, 0.2) is 12.4 Å². The Labute approximate surface area is 152 Å². The number of nitrogens with zero attached hydrogens (tertiary/aromatic N) is 2. The second-order valence-electron chi connectivity index (χ2n) is 6.98. The van der Waals surface area contributed by atoms with E-state index in [4.69, 9.17) is 0 Å². The van der Waals surface area contributed by atoms with Gasteiger partial charge in [0.25, 0.3) is 0 Å². The van der Waals surface area contributed by atoms with Crippen molar-refractivity contribution in [2.45, 2.75) is 103 Å². The maximum absolute atomic E-state index is 3.14. The van der Waals surface area contributed by atoms with Gasteiger partial charge >= 0.3 is 113 Å². The summed E-state index contributed by atoms with van der Waals surface area (Å²) in [6, 6.07) is 0. The van der Waals surface area contributed by atoms with Gasteiger partial charge in [-0.1, -0.05) is 39.0 Å². The second kappa shape index (κ2) is 14.1. The van der Waals surface area contributed by atoms with Crippen LogP contribution in [0.3, 0.4) is 0 Å². The summed E-state index contributed by atoms with van der Waals surface area (Å²) in [5.41, 5.74) is 0. The molecule has 1 aromatic rings. The van der Waals surface area contributed by atoms with E-state index in [1.165, 1.54) is 94.2 Å². The van der Waals surface area contributed by atoms with Gasteiger partial charge in [0.1, 0.15) is 0 Å². The van der Waals surface area contributed by atoms with Gasteiger partial charge in [-0.25, -0.2) is 0 Å². The van der Waals surface area contributed by atoms with E-state index in [9.17, 15) is 0 Å². The van der Waals surface area contributed by atoms with Gasteiger partial charge in [0.15, 0.2) is 0 Å². The zero-order valence-electron chi connectivity index (χ0n) is 15.6. The maximum atomic E-state index is 3.14. The van der Waals surface area contributed by atoms with Crippen LogP contribution in [-0.4, -0.2) is 24.7 Å². The molecule has 0 aliphatic rings. The molecule has 0 aliphatic carbocycles. The molecule has 0 bridgehead atoms. The van der Waals surface area contributed by atoms with Crippen LogP contribution in [0, 0.1) is 4.32 Å². The molecule has 3 heteroatoms. The van der Waals surface area contributed by atoms with Gasteiger partial charge in [-0.15, -0.1) is 0 Å². The standard InChI is InChI=1S/C20H38N2Se/c1-3-4-5-6-7-8-9-10-11-12-13-14-15-16-17-22-19-18-21(2)20(22)23/h18-19H,3-17H2,1-2H3. The van der Waals surface area contributed by atoms with Crippen molar-refractivity contribution in [3.05, 3.63) is 16.7 Å². The SMILES string of the molecule is CCCCCCCCCCCCCCCCn1ccn(C)c1=[Se]. The van der Waals surface area contributed by atoms with Crippen molar-refractivity contribution in [3.63, 3.8) is 0 Å². The van der Waals surface area contributed by atoms with Crippen LogP contribution >= 0.6 is 0 Å². The van der Waals surface area contributed by atoms with Gasteiger partial charge in [-0.05, 0) is 0 Å². The predicted octanol–water partition coefficient (Wildman–Crippen LogP) is 6.01. The van der Waals surface area contributed by atoms with E-state index in [2.05, 4.69) is 51.1 Å². The van der Waals surface area contributed by atoms with E-state index in [0.29, 0.717) is 0 Å². The van der Waals surface area contributed by atoms with Gasteiger partial charge in [0, 0.05) is 0 Å². The third kappa shape index (κ3) is 10.2. The summed E-state index contributed by atoms with van der Waals surface area (Å²) in [7, 11) is 2.09. The van der Waals surface area contributed by atoms with Crippen molar-refractivity contribution in [3.8, 4) is 0 Å². The Morgan fingerprint density at radius 3 is 1.52 bits per heavy atom. The first kappa shape index (κ1) is 20.8. The molecule has 1 rings (SSSR count). The summed E-state index contributed by atoms with van der Waals surface area (Å²) in [6.07, 6.45) is 24.3. The summed E-state index contributed by atoms with van der Waals surface area (Å²) >= 11 is 3.14. The molecule has 134 valence electrons. The Morgan fingerprint density at radius 1 is 0.696 bits per heavy atom. The van der Waals surface area contributed by atoms with Crippen LogP contribution in [-0.2, 0) is 13.6 Å². The predicted molar refractivity (Wildman–Crippen MR) is 103 cm³/mol. The molecule has 2 nitrogen and oxygen atoms in total. The molecule has 0 saturated heterocycles. The Morgan fingerprint density at radius 2 is 1.13 bits per heavy atom. The summed E-state index contributed by atoms with van der Waals surface area (Å²) in [5, 5.41) is 0. The van der Waals surface area contributed by atoms with Crippen LogP contribution in [0.25, 0.3) is 0 Å². The number of rotatable bonds is 15. The topological polar surface area (TPSA) is 9.86 Å². The van der Waals surface area contributed by atoms with Gasteiger partial charge in [-0.3, -0.25) is 0 Å². The number of aryl methyl sites for hydroxylation is 2. The molecule has 1 heterocycles. The fraction of sp³-hybridized carbons (Fsp3) is 0.850. The number of imidazole rings is 1. The van der Waals surface area contributed by atoms with E-state index >= 15 is 0 Å². The van der Waals surface area contributed by atoms with Crippen molar-refractivity contribution in [1.29, 1.82) is 0 Å². The molecule has 0 N–H and O–H groups in total. The molecule has 0 aliphatic heterocycles. The number of hydrogen-bond donors (Lipinski definition) is 0. The molecule has 0 unspecified atom stereocenters. The second-order valence-corrected chi connectivity index (χ2v) is 7.75. The molecule has 23 heavy (non-hydrogen) atoms. The molecular formula is C20H38N2Se. The fourth-order valence-electron chi connectivity index (χ4n) is 3.16. The number of unbranched alkanes of at least 4 members (excludes halogenated alkanes) is 13. The van der Waals surface area contributed by atoms with Crippen LogP contribution in [0.5, 0.6) is 0 Å². The summed E-state index contributed by atoms with van der Waals surface area (Å²) in [5.74, 6) is 0. The molecule has 0 spiro atoms.